The number of nitrogens with zero attached hydrogens (tertiary/aromatic N) is 4. The van der Waals surface area contributed by atoms with Crippen LogP contribution in [0.25, 0.3) is 0 Å². The lowest BCUT2D eigenvalue weighted by molar-refractivity contribution is -0.145. The fourth-order valence-electron chi connectivity index (χ4n) is 2.64. The van der Waals surface area contributed by atoms with E-state index < -0.39 is 12.1 Å². The molecule has 3 rings (SSSR count). The zero-order chi connectivity index (χ0) is 17.3. The van der Waals surface area contributed by atoms with Crippen molar-refractivity contribution in [1.29, 1.82) is 0 Å². The average Bonchev–Trinajstić information content (AvgIpc) is 2.88. The maximum absolute atomic E-state index is 12.8. The van der Waals surface area contributed by atoms with E-state index in [2.05, 4.69) is 14.8 Å². The van der Waals surface area contributed by atoms with Crippen molar-refractivity contribution in [2.45, 2.75) is 26.0 Å². The van der Waals surface area contributed by atoms with Crippen molar-refractivity contribution in [2.24, 2.45) is 7.05 Å². The molecule has 126 valence electrons. The number of ether oxygens (including phenoxy) is 2. The van der Waals surface area contributed by atoms with Crippen molar-refractivity contribution in [2.75, 3.05) is 12.0 Å². The van der Waals surface area contributed by atoms with Gasteiger partial charge < -0.3 is 9.47 Å². The van der Waals surface area contributed by atoms with Gasteiger partial charge in [0.15, 0.2) is 6.10 Å². The van der Waals surface area contributed by atoms with E-state index in [9.17, 15) is 9.59 Å². The van der Waals surface area contributed by atoms with Gasteiger partial charge in [-0.2, -0.15) is 5.10 Å². The molecule has 0 bridgehead atoms. The number of rotatable bonds is 4. The van der Waals surface area contributed by atoms with Crippen LogP contribution in [0.5, 0.6) is 5.75 Å². The summed E-state index contributed by atoms with van der Waals surface area (Å²) in [4.78, 5) is 30.3. The molecule has 8 nitrogen and oxygen atoms in total. The summed E-state index contributed by atoms with van der Waals surface area (Å²) in [6.07, 6.45) is -1.06. The number of aromatic nitrogens is 3. The third-order valence-electron chi connectivity index (χ3n) is 3.81. The van der Waals surface area contributed by atoms with E-state index in [1.165, 1.54) is 7.11 Å². The second-order valence-corrected chi connectivity index (χ2v) is 5.48. The predicted molar refractivity (Wildman–Crippen MR) is 84.4 cm³/mol. The maximum Gasteiger partial charge on any atom is 0.309 e. The highest BCUT2D eigenvalue weighted by Gasteiger charge is 2.36. The predicted octanol–water partition coefficient (Wildman–Crippen LogP) is 0.981. The zero-order valence-corrected chi connectivity index (χ0v) is 13.7. The van der Waals surface area contributed by atoms with Crippen LogP contribution >= 0.6 is 0 Å². The molecule has 24 heavy (non-hydrogen) atoms. The molecule has 1 aliphatic heterocycles. The van der Waals surface area contributed by atoms with Crippen LogP contribution in [0.4, 0.5) is 5.69 Å². The van der Waals surface area contributed by atoms with Gasteiger partial charge >= 0.3 is 5.97 Å². The third-order valence-corrected chi connectivity index (χ3v) is 3.81. The fraction of sp³-hybridized carbons (Fsp3) is 0.375. The molecule has 1 aliphatic rings. The molecule has 1 amide bonds. The first kappa shape index (κ1) is 16.0. The highest BCUT2D eigenvalue weighted by Crippen LogP contribution is 2.35. The van der Waals surface area contributed by atoms with Crippen LogP contribution in [-0.2, 0) is 27.9 Å². The standard InChI is InChI=1S/C16H18N4O4/c1-10-17-14(19(2)18-10)9-20-11-6-4-5-7-12(11)24-13(16(20)22)8-15(21)23-3/h4-7,13H,8-9H2,1-3H3/t13-/m1/s1. The monoisotopic (exact) mass is 330 g/mol. The number of methoxy groups -OCH3 is 1. The normalized spacial score (nSPS) is 16.5. The minimum absolute atomic E-state index is 0.141. The number of carbonyl (C=O) groups excluding carboxylic acids is 2. The molecule has 2 heterocycles. The quantitative estimate of drug-likeness (QED) is 0.777. The van der Waals surface area contributed by atoms with Crippen molar-refractivity contribution in [1.82, 2.24) is 14.8 Å². The summed E-state index contributed by atoms with van der Waals surface area (Å²) in [5, 5.41) is 4.20. The molecule has 0 spiro atoms. The Balaban J connectivity index is 1.94. The molecule has 1 atom stereocenters. The summed E-state index contributed by atoms with van der Waals surface area (Å²) in [7, 11) is 3.06. The topological polar surface area (TPSA) is 86.6 Å². The van der Waals surface area contributed by atoms with Crippen LogP contribution < -0.4 is 9.64 Å². The average molecular weight is 330 g/mol. The number of amides is 1. The minimum atomic E-state index is -0.915. The molecular weight excluding hydrogens is 312 g/mol. The van der Waals surface area contributed by atoms with Crippen LogP contribution in [0.2, 0.25) is 0 Å². The van der Waals surface area contributed by atoms with Crippen LogP contribution in [0, 0.1) is 6.92 Å². The van der Waals surface area contributed by atoms with Crippen molar-refractivity contribution < 1.29 is 19.1 Å². The Bertz CT molecular complexity index is 786. The van der Waals surface area contributed by atoms with E-state index in [4.69, 9.17) is 4.74 Å². The Morgan fingerprint density at radius 3 is 2.79 bits per heavy atom. The number of benzene rings is 1. The second kappa shape index (κ2) is 6.31. The molecule has 1 aromatic heterocycles. The van der Waals surface area contributed by atoms with Gasteiger partial charge in [-0.05, 0) is 19.1 Å². The number of fused-ring (bicyclic) bond motifs is 1. The Morgan fingerprint density at radius 2 is 2.12 bits per heavy atom. The van der Waals surface area contributed by atoms with Gasteiger partial charge in [-0.25, -0.2) is 4.98 Å². The Labute approximate surface area is 139 Å². The number of carbonyl (C=O) groups is 2. The van der Waals surface area contributed by atoms with Gasteiger partial charge in [0.2, 0.25) is 0 Å². The van der Waals surface area contributed by atoms with E-state index in [1.54, 1.807) is 35.7 Å². The molecule has 2 aromatic rings. The van der Waals surface area contributed by atoms with Gasteiger partial charge in [0.05, 0.1) is 25.8 Å². The van der Waals surface area contributed by atoms with E-state index in [0.29, 0.717) is 23.1 Å². The first-order valence-electron chi connectivity index (χ1n) is 7.50. The lowest BCUT2D eigenvalue weighted by atomic mass is 10.1. The van der Waals surface area contributed by atoms with Gasteiger partial charge in [0, 0.05) is 7.05 Å². The SMILES string of the molecule is COC(=O)C[C@H]1Oc2ccccc2N(Cc2nc(C)nn2C)C1=O. The van der Waals surface area contributed by atoms with Crippen LogP contribution in [0.1, 0.15) is 18.1 Å². The zero-order valence-electron chi connectivity index (χ0n) is 13.7. The van der Waals surface area contributed by atoms with E-state index in [-0.39, 0.29) is 18.9 Å². The van der Waals surface area contributed by atoms with E-state index in [1.807, 2.05) is 12.1 Å². The first-order valence-corrected chi connectivity index (χ1v) is 7.50. The highest BCUT2D eigenvalue weighted by molar-refractivity contribution is 6.01. The summed E-state index contributed by atoms with van der Waals surface area (Å²) < 4.78 is 12.0. The van der Waals surface area contributed by atoms with Crippen molar-refractivity contribution >= 4 is 17.6 Å². The van der Waals surface area contributed by atoms with Crippen molar-refractivity contribution in [3.8, 4) is 5.75 Å². The molecule has 0 radical (unpaired) electrons. The molecule has 0 saturated carbocycles. The Hall–Kier alpha value is -2.90. The molecule has 0 N–H and O–H groups in total. The molecule has 0 unspecified atom stereocenters. The summed E-state index contributed by atoms with van der Waals surface area (Å²) in [6.45, 7) is 2.03. The smallest absolute Gasteiger partial charge is 0.309 e. The molecule has 8 heteroatoms. The highest BCUT2D eigenvalue weighted by atomic mass is 16.5. The van der Waals surface area contributed by atoms with E-state index >= 15 is 0 Å². The lowest BCUT2D eigenvalue weighted by Gasteiger charge is -2.33. The van der Waals surface area contributed by atoms with Crippen LogP contribution in [-0.4, -0.2) is 39.9 Å². The molecule has 1 aromatic carbocycles. The minimum Gasteiger partial charge on any atom is -0.478 e. The summed E-state index contributed by atoms with van der Waals surface area (Å²) >= 11 is 0. The van der Waals surface area contributed by atoms with Gasteiger partial charge in [0.1, 0.15) is 17.4 Å². The van der Waals surface area contributed by atoms with Crippen molar-refractivity contribution in [3.63, 3.8) is 0 Å². The molecular formula is C16H18N4O4. The summed E-state index contributed by atoms with van der Waals surface area (Å²) in [5.41, 5.74) is 0.643. The fourth-order valence-corrected chi connectivity index (χ4v) is 2.64. The summed E-state index contributed by atoms with van der Waals surface area (Å²) in [6, 6.07) is 7.20. The number of aryl methyl sites for hydroxylation is 2. The number of anilines is 1. The largest absolute Gasteiger partial charge is 0.478 e. The second-order valence-electron chi connectivity index (χ2n) is 5.48. The van der Waals surface area contributed by atoms with Crippen LogP contribution in [0.15, 0.2) is 24.3 Å². The van der Waals surface area contributed by atoms with Gasteiger partial charge in [0.25, 0.3) is 5.91 Å². The number of hydrogen-bond donors (Lipinski definition) is 0. The van der Waals surface area contributed by atoms with Gasteiger partial charge in [-0.15, -0.1) is 0 Å². The third kappa shape index (κ3) is 2.94. The van der Waals surface area contributed by atoms with Gasteiger partial charge in [-0.3, -0.25) is 19.2 Å². The lowest BCUT2D eigenvalue weighted by Crippen LogP contribution is -2.46. The Kier molecular flexibility index (Phi) is 4.20. The Morgan fingerprint density at radius 1 is 1.38 bits per heavy atom. The summed E-state index contributed by atoms with van der Waals surface area (Å²) in [5.74, 6) is 1.02. The maximum atomic E-state index is 12.8. The number of hydrogen-bond acceptors (Lipinski definition) is 6. The van der Waals surface area contributed by atoms with Crippen molar-refractivity contribution in [3.05, 3.63) is 35.9 Å². The molecule has 0 saturated heterocycles. The van der Waals surface area contributed by atoms with E-state index in [0.717, 1.165) is 0 Å². The van der Waals surface area contributed by atoms with Crippen LogP contribution in [0.3, 0.4) is 0 Å². The van der Waals surface area contributed by atoms with Gasteiger partial charge in [-0.1, -0.05) is 12.1 Å². The number of para-hydroxylation sites is 2. The first-order chi connectivity index (χ1) is 11.5. The molecule has 0 aliphatic carbocycles. The molecule has 0 fully saturated rings. The number of esters is 1.